The maximum Gasteiger partial charge on any atom is 0.220 e. The van der Waals surface area contributed by atoms with Gasteiger partial charge in [0.05, 0.1) is 32.3 Å². The van der Waals surface area contributed by atoms with Crippen LogP contribution < -0.4 is 15.4 Å². The number of tetrazole rings is 1. The Labute approximate surface area is 175 Å². The van der Waals surface area contributed by atoms with E-state index in [0.717, 1.165) is 48.6 Å². The predicted molar refractivity (Wildman–Crippen MR) is 111 cm³/mol. The number of nitrogens with two attached hydrogens (primary N) is 1. The topological polar surface area (TPSA) is 100 Å². The third kappa shape index (κ3) is 4.18. The molecule has 1 aromatic heterocycles. The summed E-state index contributed by atoms with van der Waals surface area (Å²) in [6.07, 6.45) is 1.52. The smallest absolute Gasteiger partial charge is 0.220 e. The van der Waals surface area contributed by atoms with Gasteiger partial charge in [0.25, 0.3) is 0 Å². The Morgan fingerprint density at radius 2 is 1.87 bits per heavy atom. The molecule has 1 atom stereocenters. The van der Waals surface area contributed by atoms with Gasteiger partial charge in [-0.25, -0.2) is 4.68 Å². The van der Waals surface area contributed by atoms with Gasteiger partial charge < -0.3 is 15.4 Å². The summed E-state index contributed by atoms with van der Waals surface area (Å²) in [5.41, 5.74) is 7.72. The van der Waals surface area contributed by atoms with Crippen LogP contribution in [0.15, 0.2) is 54.6 Å². The van der Waals surface area contributed by atoms with Crippen molar-refractivity contribution >= 4 is 5.91 Å². The molecule has 4 rings (SSSR count). The van der Waals surface area contributed by atoms with Gasteiger partial charge in [-0.3, -0.25) is 4.79 Å². The van der Waals surface area contributed by atoms with Crippen molar-refractivity contribution in [3.05, 3.63) is 71.5 Å². The fourth-order valence-corrected chi connectivity index (χ4v) is 4.30. The highest BCUT2D eigenvalue weighted by molar-refractivity contribution is 5.76. The van der Waals surface area contributed by atoms with Crippen LogP contribution in [0.5, 0.6) is 5.75 Å². The van der Waals surface area contributed by atoms with Crippen molar-refractivity contribution < 1.29 is 14.4 Å². The summed E-state index contributed by atoms with van der Waals surface area (Å²) in [6, 6.07) is 18.0. The second-order valence-corrected chi connectivity index (χ2v) is 7.69. The van der Waals surface area contributed by atoms with Crippen molar-refractivity contribution in [2.75, 3.05) is 20.2 Å². The summed E-state index contributed by atoms with van der Waals surface area (Å²) in [5.74, 6) is 1.32. The first kappa shape index (κ1) is 20.0. The van der Waals surface area contributed by atoms with Crippen LogP contribution in [-0.2, 0) is 11.3 Å². The Hall–Kier alpha value is -3.26. The Bertz CT molecular complexity index is 982. The molecule has 0 bridgehead atoms. The minimum atomic E-state index is -0.211. The van der Waals surface area contributed by atoms with Gasteiger partial charge in [0.2, 0.25) is 11.7 Å². The second kappa shape index (κ2) is 9.04. The Kier molecular flexibility index (Phi) is 6.04. The van der Waals surface area contributed by atoms with Crippen LogP contribution in [0.1, 0.15) is 35.8 Å². The lowest BCUT2D eigenvalue weighted by Gasteiger charge is -2.33. The van der Waals surface area contributed by atoms with E-state index in [1.54, 1.807) is 7.11 Å². The number of carbonyl (C=O) groups excluding carboxylic acids is 1. The first-order chi connectivity index (χ1) is 14.7. The van der Waals surface area contributed by atoms with E-state index < -0.39 is 0 Å². The van der Waals surface area contributed by atoms with Crippen molar-refractivity contribution in [1.29, 1.82) is 0 Å². The summed E-state index contributed by atoms with van der Waals surface area (Å²) < 4.78 is 7.53. The SMILES string of the molecule is COc1ccccc1[C@@H](c1nnnn1Cc1ccccc1)[NH+]1CCC(C(N)=O)CC1. The third-order valence-electron chi connectivity index (χ3n) is 5.88. The quantitative estimate of drug-likeness (QED) is 0.597. The monoisotopic (exact) mass is 407 g/mol. The van der Waals surface area contributed by atoms with E-state index in [2.05, 4.69) is 33.7 Å². The van der Waals surface area contributed by atoms with Crippen LogP contribution >= 0.6 is 0 Å². The van der Waals surface area contributed by atoms with Crippen LogP contribution in [0.2, 0.25) is 0 Å². The fourth-order valence-electron chi connectivity index (χ4n) is 4.30. The van der Waals surface area contributed by atoms with E-state index in [-0.39, 0.29) is 17.9 Å². The highest BCUT2D eigenvalue weighted by atomic mass is 16.5. The van der Waals surface area contributed by atoms with Gasteiger partial charge in [-0.2, -0.15) is 0 Å². The molecule has 3 aromatic rings. The molecule has 3 N–H and O–H groups in total. The van der Waals surface area contributed by atoms with Crippen LogP contribution in [0.4, 0.5) is 0 Å². The number of quaternary nitrogens is 1. The number of amides is 1. The number of para-hydroxylation sites is 1. The molecule has 0 unspecified atom stereocenters. The zero-order chi connectivity index (χ0) is 20.9. The minimum absolute atomic E-state index is 0.0626. The van der Waals surface area contributed by atoms with Crippen molar-refractivity contribution in [2.45, 2.75) is 25.4 Å². The lowest BCUT2D eigenvalue weighted by atomic mass is 9.93. The molecule has 0 saturated carbocycles. The highest BCUT2D eigenvalue weighted by Crippen LogP contribution is 2.28. The second-order valence-electron chi connectivity index (χ2n) is 7.69. The molecule has 30 heavy (non-hydrogen) atoms. The summed E-state index contributed by atoms with van der Waals surface area (Å²) in [4.78, 5) is 13.0. The molecule has 8 nitrogen and oxygen atoms in total. The van der Waals surface area contributed by atoms with Gasteiger partial charge in [-0.05, 0) is 28.1 Å². The molecule has 2 aromatic carbocycles. The number of benzene rings is 2. The summed E-state index contributed by atoms with van der Waals surface area (Å²) in [5, 5.41) is 12.7. The van der Waals surface area contributed by atoms with Crippen molar-refractivity contribution in [3.8, 4) is 5.75 Å². The molecule has 1 aliphatic rings. The number of piperidine rings is 1. The van der Waals surface area contributed by atoms with Crippen molar-refractivity contribution in [2.24, 2.45) is 11.7 Å². The molecule has 0 spiro atoms. The Morgan fingerprint density at radius 1 is 1.17 bits per heavy atom. The molecule has 1 aliphatic heterocycles. The number of nitrogens with one attached hydrogen (secondary N) is 1. The lowest BCUT2D eigenvalue weighted by Crippen LogP contribution is -3.13. The molecule has 1 saturated heterocycles. The number of hydrogen-bond acceptors (Lipinski definition) is 5. The summed E-state index contributed by atoms with van der Waals surface area (Å²) >= 11 is 0. The normalized spacial score (nSPS) is 19.9. The maximum absolute atomic E-state index is 11.6. The first-order valence-corrected chi connectivity index (χ1v) is 10.2. The number of carbonyl (C=O) groups is 1. The average Bonchev–Trinajstić information content (AvgIpc) is 3.23. The number of rotatable bonds is 7. The lowest BCUT2D eigenvalue weighted by molar-refractivity contribution is -0.931. The third-order valence-corrected chi connectivity index (χ3v) is 5.88. The first-order valence-electron chi connectivity index (χ1n) is 10.2. The van der Waals surface area contributed by atoms with Crippen LogP contribution in [-0.4, -0.2) is 46.3 Å². The van der Waals surface area contributed by atoms with Crippen molar-refractivity contribution in [3.63, 3.8) is 0 Å². The number of ether oxygens (including phenoxy) is 1. The summed E-state index contributed by atoms with van der Waals surface area (Å²) in [6.45, 7) is 2.22. The van der Waals surface area contributed by atoms with E-state index >= 15 is 0 Å². The molecule has 1 amide bonds. The maximum atomic E-state index is 11.6. The Morgan fingerprint density at radius 3 is 2.57 bits per heavy atom. The van der Waals surface area contributed by atoms with Gasteiger partial charge in [0.1, 0.15) is 5.75 Å². The van der Waals surface area contributed by atoms with E-state index in [1.165, 1.54) is 4.90 Å². The number of methoxy groups -OCH3 is 1. The molecule has 0 radical (unpaired) electrons. The molecule has 156 valence electrons. The zero-order valence-corrected chi connectivity index (χ0v) is 17.1. The van der Waals surface area contributed by atoms with Crippen LogP contribution in [0, 0.1) is 5.92 Å². The van der Waals surface area contributed by atoms with Gasteiger partial charge in [-0.1, -0.05) is 42.5 Å². The molecular weight excluding hydrogens is 380 g/mol. The van der Waals surface area contributed by atoms with Crippen LogP contribution in [0.25, 0.3) is 0 Å². The standard InChI is InChI=1S/C22H26N6O2/c1-30-19-10-6-5-9-18(19)20(27-13-11-17(12-14-27)21(23)29)22-24-25-26-28(22)15-16-7-3-2-4-8-16/h2-10,17,20H,11-15H2,1H3,(H2,23,29)/p+1/t20-/m0/s1. The molecule has 1 fully saturated rings. The van der Waals surface area contributed by atoms with Gasteiger partial charge >= 0.3 is 0 Å². The van der Waals surface area contributed by atoms with Crippen LogP contribution in [0.3, 0.4) is 0 Å². The summed E-state index contributed by atoms with van der Waals surface area (Å²) in [7, 11) is 1.68. The number of nitrogens with zero attached hydrogens (tertiary/aromatic N) is 4. The average molecular weight is 407 g/mol. The van der Waals surface area contributed by atoms with E-state index in [4.69, 9.17) is 10.5 Å². The predicted octanol–water partition coefficient (Wildman–Crippen LogP) is 0.600. The number of likely N-dealkylation sites (tertiary alicyclic amines) is 1. The number of hydrogen-bond donors (Lipinski definition) is 2. The number of aromatic nitrogens is 4. The molecule has 0 aliphatic carbocycles. The minimum Gasteiger partial charge on any atom is -0.496 e. The zero-order valence-electron chi connectivity index (χ0n) is 17.1. The largest absolute Gasteiger partial charge is 0.496 e. The Balaban J connectivity index is 1.70. The highest BCUT2D eigenvalue weighted by Gasteiger charge is 2.37. The van der Waals surface area contributed by atoms with Crippen molar-refractivity contribution in [1.82, 2.24) is 20.2 Å². The van der Waals surface area contributed by atoms with E-state index in [0.29, 0.717) is 6.54 Å². The van der Waals surface area contributed by atoms with Gasteiger partial charge in [0.15, 0.2) is 6.04 Å². The van der Waals surface area contributed by atoms with Gasteiger partial charge in [-0.15, -0.1) is 5.10 Å². The van der Waals surface area contributed by atoms with E-state index in [1.807, 2.05) is 41.1 Å². The fraction of sp³-hybridized carbons (Fsp3) is 0.364. The molecule has 2 heterocycles. The molecule has 8 heteroatoms. The van der Waals surface area contributed by atoms with Gasteiger partial charge in [0, 0.05) is 18.8 Å². The van der Waals surface area contributed by atoms with E-state index in [9.17, 15) is 4.79 Å². The number of primary amides is 1. The molecular formula is C22H27N6O2+.